The number of nitrogens with one attached hydrogen (secondary N) is 1. The van der Waals surface area contributed by atoms with Gasteiger partial charge in [-0.15, -0.1) is 0 Å². The fourth-order valence-corrected chi connectivity index (χ4v) is 4.13. The first-order valence-corrected chi connectivity index (χ1v) is 10.3. The molecule has 29 heavy (non-hydrogen) atoms. The van der Waals surface area contributed by atoms with Crippen LogP contribution in [0.1, 0.15) is 65.1 Å². The van der Waals surface area contributed by atoms with Gasteiger partial charge in [0.05, 0.1) is 19.3 Å². The monoisotopic (exact) mass is 400 g/mol. The minimum absolute atomic E-state index is 0.000602. The van der Waals surface area contributed by atoms with Crippen molar-refractivity contribution >= 4 is 23.3 Å². The van der Waals surface area contributed by atoms with Gasteiger partial charge in [-0.3, -0.25) is 4.79 Å². The number of anilines is 1. The van der Waals surface area contributed by atoms with Gasteiger partial charge in [-0.1, -0.05) is 19.1 Å². The highest BCUT2D eigenvalue weighted by Gasteiger charge is 2.39. The van der Waals surface area contributed by atoms with Gasteiger partial charge < -0.3 is 19.7 Å². The average molecular weight is 401 g/mol. The predicted molar refractivity (Wildman–Crippen MR) is 114 cm³/mol. The number of carbonyl (C=O) groups excluding carboxylic acids is 2. The Balaban J connectivity index is 2.02. The molecule has 1 aromatic rings. The van der Waals surface area contributed by atoms with Crippen LogP contribution in [0.5, 0.6) is 0 Å². The lowest BCUT2D eigenvalue weighted by Crippen LogP contribution is -2.51. The molecule has 0 spiro atoms. The highest BCUT2D eigenvalue weighted by atomic mass is 16.6. The SMILES string of the molecule is CC(=O)N1c2ccc(C3=CCOCC3)cc2C(NC(=O)OC(C)(C)C)[C@@H](C)[C@@H]1C. The van der Waals surface area contributed by atoms with E-state index in [1.165, 1.54) is 5.57 Å². The molecule has 2 aliphatic heterocycles. The van der Waals surface area contributed by atoms with Crippen molar-refractivity contribution in [3.8, 4) is 0 Å². The molecule has 0 aliphatic carbocycles. The molecule has 2 heterocycles. The third-order valence-corrected chi connectivity index (χ3v) is 5.66. The van der Waals surface area contributed by atoms with E-state index in [-0.39, 0.29) is 23.9 Å². The van der Waals surface area contributed by atoms with E-state index in [1.54, 1.807) is 6.92 Å². The molecular weight excluding hydrogens is 368 g/mol. The maximum Gasteiger partial charge on any atom is 0.408 e. The smallest absolute Gasteiger partial charge is 0.408 e. The molecule has 158 valence electrons. The summed E-state index contributed by atoms with van der Waals surface area (Å²) in [5.41, 5.74) is 3.56. The zero-order valence-electron chi connectivity index (χ0n) is 18.2. The maximum atomic E-state index is 12.5. The van der Waals surface area contributed by atoms with Gasteiger partial charge in [0.1, 0.15) is 5.60 Å². The largest absolute Gasteiger partial charge is 0.444 e. The van der Waals surface area contributed by atoms with Crippen LogP contribution in [-0.4, -0.2) is 36.9 Å². The summed E-state index contributed by atoms with van der Waals surface area (Å²) in [5.74, 6) is 0.0252. The van der Waals surface area contributed by atoms with Gasteiger partial charge in [0.25, 0.3) is 0 Å². The fourth-order valence-electron chi connectivity index (χ4n) is 4.13. The van der Waals surface area contributed by atoms with Crippen LogP contribution in [0.2, 0.25) is 0 Å². The second-order valence-electron chi connectivity index (χ2n) is 8.94. The van der Waals surface area contributed by atoms with Gasteiger partial charge in [0, 0.05) is 24.6 Å². The summed E-state index contributed by atoms with van der Waals surface area (Å²) in [6.45, 7) is 12.5. The summed E-state index contributed by atoms with van der Waals surface area (Å²) in [5, 5.41) is 3.06. The van der Waals surface area contributed by atoms with E-state index in [2.05, 4.69) is 30.4 Å². The van der Waals surface area contributed by atoms with E-state index >= 15 is 0 Å². The molecule has 1 N–H and O–H groups in total. The van der Waals surface area contributed by atoms with Crippen LogP contribution >= 0.6 is 0 Å². The quantitative estimate of drug-likeness (QED) is 0.797. The molecule has 0 bridgehead atoms. The van der Waals surface area contributed by atoms with Gasteiger partial charge in [0.15, 0.2) is 0 Å². The lowest BCUT2D eigenvalue weighted by molar-refractivity contribution is -0.117. The molecule has 1 unspecified atom stereocenters. The number of alkyl carbamates (subject to hydrolysis) is 1. The molecule has 2 amide bonds. The molecule has 1 aromatic carbocycles. The summed E-state index contributed by atoms with van der Waals surface area (Å²) in [6, 6.07) is 5.86. The Morgan fingerprint density at radius 1 is 1.24 bits per heavy atom. The number of ether oxygens (including phenoxy) is 2. The van der Waals surface area contributed by atoms with Crippen molar-refractivity contribution in [2.24, 2.45) is 5.92 Å². The Morgan fingerprint density at radius 3 is 2.55 bits per heavy atom. The van der Waals surface area contributed by atoms with Crippen LogP contribution in [0.25, 0.3) is 5.57 Å². The van der Waals surface area contributed by atoms with E-state index in [1.807, 2.05) is 38.7 Å². The molecule has 0 aromatic heterocycles. The lowest BCUT2D eigenvalue weighted by Gasteiger charge is -2.44. The van der Waals surface area contributed by atoms with Crippen molar-refractivity contribution in [2.75, 3.05) is 18.1 Å². The Kier molecular flexibility index (Phi) is 6.03. The lowest BCUT2D eigenvalue weighted by atomic mass is 9.81. The van der Waals surface area contributed by atoms with E-state index in [9.17, 15) is 9.59 Å². The highest BCUT2D eigenvalue weighted by Crippen LogP contribution is 2.42. The molecule has 0 fully saturated rings. The number of nitrogens with zero attached hydrogens (tertiary/aromatic N) is 1. The molecule has 2 aliphatic rings. The summed E-state index contributed by atoms with van der Waals surface area (Å²) < 4.78 is 10.9. The van der Waals surface area contributed by atoms with Crippen LogP contribution in [0, 0.1) is 5.92 Å². The first-order chi connectivity index (χ1) is 13.6. The maximum absolute atomic E-state index is 12.5. The van der Waals surface area contributed by atoms with E-state index in [4.69, 9.17) is 9.47 Å². The summed E-state index contributed by atoms with van der Waals surface area (Å²) >= 11 is 0. The number of benzene rings is 1. The van der Waals surface area contributed by atoms with Gasteiger partial charge in [-0.25, -0.2) is 4.79 Å². The first kappa shape index (κ1) is 21.4. The molecular formula is C23H32N2O4. The van der Waals surface area contributed by atoms with Crippen molar-refractivity contribution in [3.05, 3.63) is 35.4 Å². The summed E-state index contributed by atoms with van der Waals surface area (Å²) in [7, 11) is 0. The Hall–Kier alpha value is -2.34. The minimum Gasteiger partial charge on any atom is -0.444 e. The third kappa shape index (κ3) is 4.64. The number of carbonyl (C=O) groups is 2. The molecule has 0 saturated carbocycles. The summed E-state index contributed by atoms with van der Waals surface area (Å²) in [6.07, 6.45) is 2.50. The molecule has 3 atom stereocenters. The number of hydrogen-bond donors (Lipinski definition) is 1. The predicted octanol–water partition coefficient (Wildman–Crippen LogP) is 4.45. The van der Waals surface area contributed by atoms with Crippen LogP contribution in [0.3, 0.4) is 0 Å². The van der Waals surface area contributed by atoms with Crippen molar-refractivity contribution < 1.29 is 19.1 Å². The van der Waals surface area contributed by atoms with Gasteiger partial charge in [0.2, 0.25) is 5.91 Å². The number of fused-ring (bicyclic) bond motifs is 1. The molecule has 0 saturated heterocycles. The second-order valence-corrected chi connectivity index (χ2v) is 8.94. The molecule has 3 rings (SSSR count). The average Bonchev–Trinajstić information content (AvgIpc) is 2.64. The molecule has 0 radical (unpaired) electrons. The van der Waals surface area contributed by atoms with Gasteiger partial charge in [-0.05, 0) is 62.9 Å². The van der Waals surface area contributed by atoms with Crippen LogP contribution in [0.15, 0.2) is 24.3 Å². The minimum atomic E-state index is -0.573. The van der Waals surface area contributed by atoms with E-state index < -0.39 is 11.7 Å². The Labute approximate surface area is 173 Å². The standard InChI is InChI=1S/C23H32N2O4/c1-14-15(2)25(16(3)26)20-8-7-18(17-9-11-28-12-10-17)13-19(20)21(14)24-22(27)29-23(4,5)6/h7-9,13-15,21H,10-12H2,1-6H3,(H,24,27)/t14-,15-,21?/m0/s1. The van der Waals surface area contributed by atoms with Crippen LogP contribution in [0.4, 0.5) is 10.5 Å². The van der Waals surface area contributed by atoms with Crippen LogP contribution in [-0.2, 0) is 14.3 Å². The highest BCUT2D eigenvalue weighted by molar-refractivity contribution is 5.94. The Morgan fingerprint density at radius 2 is 1.97 bits per heavy atom. The number of rotatable bonds is 2. The van der Waals surface area contributed by atoms with Gasteiger partial charge >= 0.3 is 6.09 Å². The topological polar surface area (TPSA) is 67.9 Å². The number of hydrogen-bond acceptors (Lipinski definition) is 4. The normalized spacial score (nSPS) is 24.4. The second kappa shape index (κ2) is 8.19. The van der Waals surface area contributed by atoms with Gasteiger partial charge in [-0.2, -0.15) is 0 Å². The number of amides is 2. The van der Waals surface area contributed by atoms with Crippen molar-refractivity contribution in [3.63, 3.8) is 0 Å². The Bertz CT molecular complexity index is 825. The van der Waals surface area contributed by atoms with Crippen molar-refractivity contribution in [2.45, 2.75) is 65.6 Å². The zero-order chi connectivity index (χ0) is 21.3. The van der Waals surface area contributed by atoms with E-state index in [0.29, 0.717) is 13.2 Å². The zero-order valence-corrected chi connectivity index (χ0v) is 18.2. The first-order valence-electron chi connectivity index (χ1n) is 10.3. The third-order valence-electron chi connectivity index (χ3n) is 5.66. The van der Waals surface area contributed by atoms with Crippen molar-refractivity contribution in [1.82, 2.24) is 5.32 Å². The summed E-state index contributed by atoms with van der Waals surface area (Å²) in [4.78, 5) is 26.8. The molecule has 6 nitrogen and oxygen atoms in total. The molecule has 6 heteroatoms. The van der Waals surface area contributed by atoms with Crippen molar-refractivity contribution in [1.29, 1.82) is 0 Å². The van der Waals surface area contributed by atoms with Crippen LogP contribution < -0.4 is 10.2 Å². The fraction of sp³-hybridized carbons (Fsp3) is 0.565. The van der Waals surface area contributed by atoms with E-state index in [0.717, 1.165) is 23.2 Å².